The smallest absolute Gasteiger partial charge is 0.137 e. The number of nitrogens with two attached hydrogens (primary N) is 1. The van der Waals surface area contributed by atoms with Crippen molar-refractivity contribution in [3.05, 3.63) is 24.0 Å². The molecule has 0 fully saturated rings. The lowest BCUT2D eigenvalue weighted by Gasteiger charge is -2.08. The minimum atomic E-state index is -0.0399. The zero-order valence-electron chi connectivity index (χ0n) is 9.98. The predicted molar refractivity (Wildman–Crippen MR) is 63.4 cm³/mol. The predicted octanol–water partition coefficient (Wildman–Crippen LogP) is 1.91. The van der Waals surface area contributed by atoms with Gasteiger partial charge in [0.25, 0.3) is 0 Å². The summed E-state index contributed by atoms with van der Waals surface area (Å²) in [6.07, 6.45) is 2.73. The van der Waals surface area contributed by atoms with Crippen LogP contribution >= 0.6 is 0 Å². The van der Waals surface area contributed by atoms with E-state index in [1.807, 2.05) is 19.1 Å². The lowest BCUT2D eigenvalue weighted by atomic mass is 10.2. The monoisotopic (exact) mass is 224 g/mol. The van der Waals surface area contributed by atoms with Gasteiger partial charge < -0.3 is 15.2 Å². The SMILES string of the molecule is CCCOCCOc1ccc(C(C)N)nc1. The first-order chi connectivity index (χ1) is 7.74. The van der Waals surface area contributed by atoms with Crippen molar-refractivity contribution < 1.29 is 9.47 Å². The average Bonchev–Trinajstić information content (AvgIpc) is 2.29. The molecule has 2 N–H and O–H groups in total. The number of aromatic nitrogens is 1. The van der Waals surface area contributed by atoms with Crippen molar-refractivity contribution in [1.82, 2.24) is 4.98 Å². The molecule has 0 aromatic carbocycles. The van der Waals surface area contributed by atoms with E-state index in [1.54, 1.807) is 6.20 Å². The fourth-order valence-corrected chi connectivity index (χ4v) is 1.21. The van der Waals surface area contributed by atoms with Gasteiger partial charge in [0.2, 0.25) is 0 Å². The average molecular weight is 224 g/mol. The Bertz CT molecular complexity index is 286. The molecule has 0 saturated carbocycles. The van der Waals surface area contributed by atoms with Crippen molar-refractivity contribution in [3.8, 4) is 5.75 Å². The molecular weight excluding hydrogens is 204 g/mol. The standard InChI is InChI=1S/C12H20N2O2/c1-3-6-15-7-8-16-11-4-5-12(10(2)13)14-9-11/h4-5,9-10H,3,6-8,13H2,1-2H3. The number of pyridine rings is 1. The van der Waals surface area contributed by atoms with Gasteiger partial charge in [0.1, 0.15) is 12.4 Å². The molecule has 0 radical (unpaired) electrons. The van der Waals surface area contributed by atoms with Crippen molar-refractivity contribution in [2.75, 3.05) is 19.8 Å². The molecule has 1 rings (SSSR count). The fourth-order valence-electron chi connectivity index (χ4n) is 1.21. The lowest BCUT2D eigenvalue weighted by molar-refractivity contribution is 0.100. The Kier molecular flexibility index (Phi) is 5.82. The highest BCUT2D eigenvalue weighted by atomic mass is 16.5. The summed E-state index contributed by atoms with van der Waals surface area (Å²) in [5.74, 6) is 0.754. The van der Waals surface area contributed by atoms with Crippen molar-refractivity contribution in [2.24, 2.45) is 5.73 Å². The van der Waals surface area contributed by atoms with Gasteiger partial charge >= 0.3 is 0 Å². The van der Waals surface area contributed by atoms with Gasteiger partial charge in [-0.25, -0.2) is 0 Å². The van der Waals surface area contributed by atoms with Crippen molar-refractivity contribution >= 4 is 0 Å². The highest BCUT2D eigenvalue weighted by molar-refractivity contribution is 5.21. The Labute approximate surface area is 96.8 Å². The molecule has 1 atom stereocenters. The highest BCUT2D eigenvalue weighted by Crippen LogP contribution is 2.12. The number of nitrogens with zero attached hydrogens (tertiary/aromatic N) is 1. The first-order valence-corrected chi connectivity index (χ1v) is 5.66. The maximum atomic E-state index is 5.70. The molecule has 4 heteroatoms. The molecule has 4 nitrogen and oxygen atoms in total. The van der Waals surface area contributed by atoms with E-state index in [9.17, 15) is 0 Å². The van der Waals surface area contributed by atoms with E-state index in [-0.39, 0.29) is 6.04 Å². The largest absolute Gasteiger partial charge is 0.490 e. The molecular formula is C12H20N2O2. The fraction of sp³-hybridized carbons (Fsp3) is 0.583. The van der Waals surface area contributed by atoms with Gasteiger partial charge in [-0.05, 0) is 25.5 Å². The molecule has 1 aromatic heterocycles. The van der Waals surface area contributed by atoms with Crippen LogP contribution in [0, 0.1) is 0 Å². The Morgan fingerprint density at radius 1 is 1.31 bits per heavy atom. The zero-order valence-corrected chi connectivity index (χ0v) is 9.98. The van der Waals surface area contributed by atoms with Gasteiger partial charge in [0.05, 0.1) is 18.5 Å². The van der Waals surface area contributed by atoms with Crippen molar-refractivity contribution in [1.29, 1.82) is 0 Å². The van der Waals surface area contributed by atoms with Crippen LogP contribution in [0.1, 0.15) is 32.0 Å². The van der Waals surface area contributed by atoms with Crippen LogP contribution in [0.25, 0.3) is 0 Å². The van der Waals surface area contributed by atoms with Gasteiger partial charge in [-0.1, -0.05) is 6.92 Å². The third kappa shape index (κ3) is 4.59. The summed E-state index contributed by atoms with van der Waals surface area (Å²) in [6.45, 7) is 5.94. The number of rotatable bonds is 7. The minimum Gasteiger partial charge on any atom is -0.490 e. The zero-order chi connectivity index (χ0) is 11.8. The first-order valence-electron chi connectivity index (χ1n) is 5.66. The number of ether oxygens (including phenoxy) is 2. The summed E-state index contributed by atoms with van der Waals surface area (Å²) in [7, 11) is 0. The van der Waals surface area contributed by atoms with Gasteiger partial charge in [0.15, 0.2) is 0 Å². The van der Waals surface area contributed by atoms with E-state index in [4.69, 9.17) is 15.2 Å². The van der Waals surface area contributed by atoms with E-state index in [1.165, 1.54) is 0 Å². The molecule has 0 saturated heterocycles. The molecule has 16 heavy (non-hydrogen) atoms. The molecule has 90 valence electrons. The highest BCUT2D eigenvalue weighted by Gasteiger charge is 2.00. The molecule has 1 unspecified atom stereocenters. The van der Waals surface area contributed by atoms with Crippen LogP contribution in [0.15, 0.2) is 18.3 Å². The van der Waals surface area contributed by atoms with Crippen LogP contribution in [0.4, 0.5) is 0 Å². The molecule has 0 spiro atoms. The Balaban J connectivity index is 2.27. The minimum absolute atomic E-state index is 0.0399. The first kappa shape index (κ1) is 12.9. The molecule has 0 bridgehead atoms. The number of hydrogen-bond acceptors (Lipinski definition) is 4. The second kappa shape index (κ2) is 7.19. The van der Waals surface area contributed by atoms with Crippen LogP contribution in [0.5, 0.6) is 5.75 Å². The van der Waals surface area contributed by atoms with Crippen LogP contribution in [-0.2, 0) is 4.74 Å². The van der Waals surface area contributed by atoms with Gasteiger partial charge in [-0.15, -0.1) is 0 Å². The summed E-state index contributed by atoms with van der Waals surface area (Å²) in [4.78, 5) is 4.20. The van der Waals surface area contributed by atoms with Crippen LogP contribution in [-0.4, -0.2) is 24.8 Å². The summed E-state index contributed by atoms with van der Waals surface area (Å²) in [5.41, 5.74) is 6.57. The van der Waals surface area contributed by atoms with Gasteiger partial charge in [-0.3, -0.25) is 4.98 Å². The van der Waals surface area contributed by atoms with E-state index in [0.29, 0.717) is 13.2 Å². The summed E-state index contributed by atoms with van der Waals surface area (Å²) < 4.78 is 10.8. The van der Waals surface area contributed by atoms with Gasteiger partial charge in [-0.2, -0.15) is 0 Å². The molecule has 1 aromatic rings. The van der Waals surface area contributed by atoms with Crippen molar-refractivity contribution in [3.63, 3.8) is 0 Å². The molecule has 0 amide bonds. The topological polar surface area (TPSA) is 57.4 Å². The van der Waals surface area contributed by atoms with E-state index >= 15 is 0 Å². The lowest BCUT2D eigenvalue weighted by Crippen LogP contribution is -2.09. The molecule has 1 heterocycles. The Morgan fingerprint density at radius 3 is 2.69 bits per heavy atom. The third-order valence-corrected chi connectivity index (χ3v) is 2.07. The van der Waals surface area contributed by atoms with E-state index in [0.717, 1.165) is 24.5 Å². The molecule has 0 aliphatic rings. The quantitative estimate of drug-likeness (QED) is 0.719. The van der Waals surface area contributed by atoms with Crippen LogP contribution < -0.4 is 10.5 Å². The van der Waals surface area contributed by atoms with E-state index < -0.39 is 0 Å². The maximum absolute atomic E-state index is 5.70. The Morgan fingerprint density at radius 2 is 2.12 bits per heavy atom. The van der Waals surface area contributed by atoms with Crippen molar-refractivity contribution in [2.45, 2.75) is 26.3 Å². The number of hydrogen-bond donors (Lipinski definition) is 1. The van der Waals surface area contributed by atoms with Crippen LogP contribution in [0.3, 0.4) is 0 Å². The normalized spacial score (nSPS) is 12.4. The second-order valence-electron chi connectivity index (χ2n) is 3.67. The summed E-state index contributed by atoms with van der Waals surface area (Å²) >= 11 is 0. The molecule has 0 aliphatic heterocycles. The van der Waals surface area contributed by atoms with Gasteiger partial charge in [0, 0.05) is 12.6 Å². The summed E-state index contributed by atoms with van der Waals surface area (Å²) in [5, 5.41) is 0. The van der Waals surface area contributed by atoms with Crippen LogP contribution in [0.2, 0.25) is 0 Å². The third-order valence-electron chi connectivity index (χ3n) is 2.07. The second-order valence-corrected chi connectivity index (χ2v) is 3.67. The maximum Gasteiger partial charge on any atom is 0.137 e. The Hall–Kier alpha value is -1.13. The molecule has 0 aliphatic carbocycles. The summed E-state index contributed by atoms with van der Waals surface area (Å²) in [6, 6.07) is 3.72. The van der Waals surface area contributed by atoms with E-state index in [2.05, 4.69) is 11.9 Å².